The van der Waals surface area contributed by atoms with E-state index in [0.717, 1.165) is 0 Å². The fourth-order valence-corrected chi connectivity index (χ4v) is 1.79. The molecule has 0 aliphatic rings. The summed E-state index contributed by atoms with van der Waals surface area (Å²) in [4.78, 5) is 1.24. The molecule has 0 saturated heterocycles. The molecule has 0 bridgehead atoms. The van der Waals surface area contributed by atoms with Crippen molar-refractivity contribution < 1.29 is 18.1 Å². The first-order valence-corrected chi connectivity index (χ1v) is 5.17. The van der Waals surface area contributed by atoms with Crippen LogP contribution in [0.1, 0.15) is 17.0 Å². The molecule has 0 saturated carbocycles. The van der Waals surface area contributed by atoms with Gasteiger partial charge in [-0.3, -0.25) is 0 Å². The highest BCUT2D eigenvalue weighted by atomic mass is 32.2. The molecule has 6 nitrogen and oxygen atoms in total. The van der Waals surface area contributed by atoms with Crippen molar-refractivity contribution in [2.45, 2.75) is 19.6 Å². The number of sulfonamides is 1. The lowest BCUT2D eigenvalue weighted by atomic mass is 10.2. The third kappa shape index (κ3) is 2.27. The Bertz CT molecular complexity index is 375. The maximum absolute atomic E-state index is 10.9. The summed E-state index contributed by atoms with van der Waals surface area (Å²) in [7, 11) is -3.68. The van der Waals surface area contributed by atoms with Crippen LogP contribution in [0.25, 0.3) is 0 Å². The molecule has 1 heterocycles. The quantitative estimate of drug-likeness (QED) is 0.684. The van der Waals surface area contributed by atoms with Gasteiger partial charge in [0.2, 0.25) is 10.0 Å². The van der Waals surface area contributed by atoms with Crippen molar-refractivity contribution in [3.63, 3.8) is 0 Å². The van der Waals surface area contributed by atoms with Gasteiger partial charge in [0.1, 0.15) is 5.76 Å². The normalized spacial score (nSPS) is 11.9. The summed E-state index contributed by atoms with van der Waals surface area (Å²) >= 11 is 0. The third-order valence-corrected chi connectivity index (χ3v) is 2.60. The molecule has 0 amide bonds. The Morgan fingerprint density at radius 3 is 2.54 bits per heavy atom. The molecular weight excluding hydrogens is 196 g/mol. The van der Waals surface area contributed by atoms with E-state index in [1.54, 1.807) is 13.8 Å². The van der Waals surface area contributed by atoms with Gasteiger partial charge in [0.15, 0.2) is 0 Å². The van der Waals surface area contributed by atoms with Gasteiger partial charge in [-0.1, -0.05) is 10.0 Å². The fourth-order valence-electron chi connectivity index (χ4n) is 0.930. The summed E-state index contributed by atoms with van der Waals surface area (Å²) in [6.45, 7) is 3.25. The van der Waals surface area contributed by atoms with E-state index < -0.39 is 10.0 Å². The third-order valence-electron chi connectivity index (χ3n) is 1.65. The van der Waals surface area contributed by atoms with Crippen molar-refractivity contribution in [1.82, 2.24) is 10.0 Å². The molecule has 0 atom stereocenters. The van der Waals surface area contributed by atoms with Gasteiger partial charge in [-0.05, 0) is 13.8 Å². The Kier molecular flexibility index (Phi) is 2.69. The molecule has 0 aliphatic heterocycles. The summed E-state index contributed by atoms with van der Waals surface area (Å²) in [5, 5.41) is 11.9. The minimum Gasteiger partial charge on any atom is -0.361 e. The van der Waals surface area contributed by atoms with E-state index in [2.05, 4.69) is 5.16 Å². The number of hydrogen-bond donors (Lipinski definition) is 2. The van der Waals surface area contributed by atoms with Crippen molar-refractivity contribution in [2.24, 2.45) is 0 Å². The molecule has 0 fully saturated rings. The highest BCUT2D eigenvalue weighted by molar-refractivity contribution is 7.88. The van der Waals surface area contributed by atoms with Crippen molar-refractivity contribution in [1.29, 1.82) is 0 Å². The molecule has 74 valence electrons. The monoisotopic (exact) mass is 206 g/mol. The summed E-state index contributed by atoms with van der Waals surface area (Å²) < 4.78 is 26.6. The van der Waals surface area contributed by atoms with Gasteiger partial charge >= 0.3 is 0 Å². The van der Waals surface area contributed by atoms with E-state index in [-0.39, 0.29) is 5.75 Å². The van der Waals surface area contributed by atoms with Crippen molar-refractivity contribution >= 4 is 10.0 Å². The first-order valence-electron chi connectivity index (χ1n) is 3.51. The smallest absolute Gasteiger partial charge is 0.237 e. The second kappa shape index (κ2) is 3.44. The summed E-state index contributed by atoms with van der Waals surface area (Å²) in [5.41, 5.74) is 0.984. The van der Waals surface area contributed by atoms with Gasteiger partial charge in [0, 0.05) is 5.56 Å². The van der Waals surface area contributed by atoms with Crippen LogP contribution in [-0.4, -0.2) is 18.8 Å². The molecule has 7 heteroatoms. The van der Waals surface area contributed by atoms with Crippen LogP contribution >= 0.6 is 0 Å². The van der Waals surface area contributed by atoms with Gasteiger partial charge in [-0.2, -0.15) is 0 Å². The first-order chi connectivity index (χ1) is 5.96. The zero-order valence-corrected chi connectivity index (χ0v) is 8.05. The number of nitrogens with one attached hydrogen (secondary N) is 1. The molecule has 0 unspecified atom stereocenters. The number of aryl methyl sites for hydroxylation is 2. The average Bonchev–Trinajstić information content (AvgIpc) is 2.36. The highest BCUT2D eigenvalue weighted by Crippen LogP contribution is 2.14. The maximum Gasteiger partial charge on any atom is 0.237 e. The number of nitrogens with zero attached hydrogens (tertiary/aromatic N) is 1. The predicted molar refractivity (Wildman–Crippen MR) is 43.5 cm³/mol. The largest absolute Gasteiger partial charge is 0.361 e. The molecule has 13 heavy (non-hydrogen) atoms. The predicted octanol–water partition coefficient (Wildman–Crippen LogP) is 0.100. The SMILES string of the molecule is Cc1noc(C)c1CS(=O)(=O)NO. The molecule has 0 aromatic carbocycles. The van der Waals surface area contributed by atoms with Crippen LogP contribution in [0, 0.1) is 13.8 Å². The Hall–Kier alpha value is -0.920. The standard InChI is InChI=1S/C6H10N2O4S/c1-4-6(5(2)12-7-4)3-13(10,11)8-9/h8-9H,3H2,1-2H3. The molecule has 1 rings (SSSR count). The van der Waals surface area contributed by atoms with Gasteiger partial charge in [-0.25, -0.2) is 8.42 Å². The minimum absolute atomic E-state index is 0.329. The molecule has 1 aromatic rings. The molecule has 1 aromatic heterocycles. The van der Waals surface area contributed by atoms with E-state index in [9.17, 15) is 8.42 Å². The van der Waals surface area contributed by atoms with E-state index in [1.165, 1.54) is 4.89 Å². The van der Waals surface area contributed by atoms with Crippen molar-refractivity contribution in [3.05, 3.63) is 17.0 Å². The van der Waals surface area contributed by atoms with Crippen LogP contribution in [0.15, 0.2) is 4.52 Å². The topological polar surface area (TPSA) is 92.4 Å². The number of aromatic nitrogens is 1. The molecule has 0 radical (unpaired) electrons. The van der Waals surface area contributed by atoms with Gasteiger partial charge in [-0.15, -0.1) is 0 Å². The first kappa shape index (κ1) is 10.2. The van der Waals surface area contributed by atoms with Crippen molar-refractivity contribution in [3.8, 4) is 0 Å². The summed E-state index contributed by atoms with van der Waals surface area (Å²) in [5.74, 6) is 0.112. The minimum atomic E-state index is -3.68. The van der Waals surface area contributed by atoms with E-state index >= 15 is 0 Å². The van der Waals surface area contributed by atoms with Crippen molar-refractivity contribution in [2.75, 3.05) is 0 Å². The zero-order chi connectivity index (χ0) is 10.1. The highest BCUT2D eigenvalue weighted by Gasteiger charge is 2.17. The summed E-state index contributed by atoms with van der Waals surface area (Å²) in [6.07, 6.45) is 0. The maximum atomic E-state index is 10.9. The van der Waals surface area contributed by atoms with Crippen LogP contribution in [-0.2, 0) is 15.8 Å². The number of rotatable bonds is 3. The van der Waals surface area contributed by atoms with Crippen LogP contribution in [0.3, 0.4) is 0 Å². The van der Waals surface area contributed by atoms with Crippen LogP contribution < -0.4 is 4.89 Å². The molecule has 2 N–H and O–H groups in total. The van der Waals surface area contributed by atoms with E-state index in [0.29, 0.717) is 17.0 Å². The van der Waals surface area contributed by atoms with Gasteiger partial charge in [0.05, 0.1) is 11.4 Å². The Morgan fingerprint density at radius 2 is 2.15 bits per heavy atom. The Morgan fingerprint density at radius 1 is 1.54 bits per heavy atom. The fraction of sp³-hybridized carbons (Fsp3) is 0.500. The van der Waals surface area contributed by atoms with Gasteiger partial charge < -0.3 is 9.73 Å². The van der Waals surface area contributed by atoms with Crippen LogP contribution in [0.5, 0.6) is 0 Å². The molecule has 0 spiro atoms. The number of hydrogen-bond acceptors (Lipinski definition) is 5. The van der Waals surface area contributed by atoms with Gasteiger partial charge in [0.25, 0.3) is 0 Å². The van der Waals surface area contributed by atoms with Crippen LogP contribution in [0.2, 0.25) is 0 Å². The summed E-state index contributed by atoms with van der Waals surface area (Å²) in [6, 6.07) is 0. The van der Waals surface area contributed by atoms with E-state index in [1.807, 2.05) is 0 Å². The Labute approximate surface area is 75.6 Å². The lowest BCUT2D eigenvalue weighted by Crippen LogP contribution is -2.21. The second-order valence-electron chi connectivity index (χ2n) is 2.65. The molecule has 0 aliphatic carbocycles. The van der Waals surface area contributed by atoms with Crippen LogP contribution in [0.4, 0.5) is 0 Å². The van der Waals surface area contributed by atoms with E-state index in [4.69, 9.17) is 9.73 Å². The average molecular weight is 206 g/mol. The lowest BCUT2D eigenvalue weighted by Gasteiger charge is -1.99. The molecular formula is C6H10N2O4S. The second-order valence-corrected chi connectivity index (χ2v) is 4.35. The lowest BCUT2D eigenvalue weighted by molar-refractivity contribution is 0.242. The zero-order valence-electron chi connectivity index (χ0n) is 7.23. The Balaban J connectivity index is 2.99.